The molecule has 0 saturated heterocycles. The first-order valence-electron chi connectivity index (χ1n) is 13.8. The predicted octanol–water partition coefficient (Wildman–Crippen LogP) is 6.50. The number of allylic oxidation sites excluding steroid dienone is 2. The number of hydrogen-bond acceptors (Lipinski definition) is 3. The molecule has 0 aliphatic heterocycles. The lowest BCUT2D eigenvalue weighted by molar-refractivity contribution is -0.246. The van der Waals surface area contributed by atoms with E-state index in [4.69, 9.17) is 0 Å². The summed E-state index contributed by atoms with van der Waals surface area (Å²) in [5.74, 6) is 1.31. The summed E-state index contributed by atoms with van der Waals surface area (Å²) in [6, 6.07) is 0. The van der Waals surface area contributed by atoms with Gasteiger partial charge < -0.3 is 15.3 Å². The highest BCUT2D eigenvalue weighted by atomic mass is 16.3. The van der Waals surface area contributed by atoms with Crippen molar-refractivity contribution in [1.82, 2.24) is 0 Å². The Balaban J connectivity index is 1.66. The van der Waals surface area contributed by atoms with E-state index >= 15 is 0 Å². The lowest BCUT2D eigenvalue weighted by atomic mass is 9.35. The van der Waals surface area contributed by atoms with Gasteiger partial charge in [0.25, 0.3) is 0 Å². The summed E-state index contributed by atoms with van der Waals surface area (Å²) in [7, 11) is 0. The second-order valence-electron chi connectivity index (χ2n) is 14.5. The minimum atomic E-state index is -0.739. The fourth-order valence-electron chi connectivity index (χ4n) is 10.3. The topological polar surface area (TPSA) is 60.7 Å². The van der Waals surface area contributed by atoms with E-state index in [1.807, 2.05) is 6.92 Å². The van der Waals surface area contributed by atoms with Crippen LogP contribution in [-0.4, -0.2) is 33.1 Å². The largest absolute Gasteiger partial charge is 0.393 e. The summed E-state index contributed by atoms with van der Waals surface area (Å²) in [5, 5.41) is 34.3. The molecule has 0 aromatic heterocycles. The standard InChI is InChI=1S/C30H52O3/c1-19(2)10-9-14-30(8,33)20-11-16-29(7)25(20)21(31)18-23-27(5)15-13-24(32)26(3,4)22(27)12-17-28(23,29)6/h10,20-25,31-33H,9,11-18H2,1-8H3/t20-,21+,22-,23-,24-,25-,27-,28-,29+,30+/m0/s1. The number of fused-ring (bicyclic) bond motifs is 5. The van der Waals surface area contributed by atoms with Crippen molar-refractivity contribution < 1.29 is 15.3 Å². The molecule has 3 N–H and O–H groups in total. The Morgan fingerprint density at radius 2 is 1.55 bits per heavy atom. The molecule has 4 fully saturated rings. The Bertz CT molecular complexity index is 779. The van der Waals surface area contributed by atoms with Crippen LogP contribution in [0.25, 0.3) is 0 Å². The lowest BCUT2D eigenvalue weighted by Crippen LogP contribution is -2.66. The van der Waals surface area contributed by atoms with Gasteiger partial charge in [-0.3, -0.25) is 0 Å². The molecule has 190 valence electrons. The summed E-state index contributed by atoms with van der Waals surface area (Å²) >= 11 is 0. The molecular weight excluding hydrogens is 408 g/mol. The first-order chi connectivity index (χ1) is 15.1. The fourth-order valence-corrected chi connectivity index (χ4v) is 10.3. The van der Waals surface area contributed by atoms with Crippen LogP contribution in [0.4, 0.5) is 0 Å². The molecule has 0 aromatic rings. The van der Waals surface area contributed by atoms with E-state index in [9.17, 15) is 15.3 Å². The highest BCUT2D eigenvalue weighted by Gasteiger charge is 2.71. The quantitative estimate of drug-likeness (QED) is 0.420. The zero-order valence-corrected chi connectivity index (χ0v) is 22.7. The minimum absolute atomic E-state index is 0.0503. The Hall–Kier alpha value is -0.380. The molecule has 3 heteroatoms. The summed E-state index contributed by atoms with van der Waals surface area (Å²) in [5.41, 5.74) is 0.885. The number of hydrogen-bond donors (Lipinski definition) is 3. The second kappa shape index (κ2) is 8.07. The average molecular weight is 461 g/mol. The first-order valence-corrected chi connectivity index (χ1v) is 13.8. The molecule has 0 unspecified atom stereocenters. The molecule has 0 aromatic carbocycles. The Morgan fingerprint density at radius 1 is 0.909 bits per heavy atom. The molecule has 0 heterocycles. The lowest BCUT2D eigenvalue weighted by Gasteiger charge is -2.70. The van der Waals surface area contributed by atoms with Gasteiger partial charge in [0.15, 0.2) is 0 Å². The maximum atomic E-state index is 11.8. The van der Waals surface area contributed by atoms with Crippen molar-refractivity contribution >= 4 is 0 Å². The summed E-state index contributed by atoms with van der Waals surface area (Å²) in [4.78, 5) is 0. The third-order valence-electron chi connectivity index (χ3n) is 12.4. The molecule has 0 amide bonds. The van der Waals surface area contributed by atoms with Gasteiger partial charge in [0.2, 0.25) is 0 Å². The van der Waals surface area contributed by atoms with Crippen molar-refractivity contribution in [2.75, 3.05) is 0 Å². The Kier molecular flexibility index (Phi) is 6.28. The van der Waals surface area contributed by atoms with Gasteiger partial charge in [-0.15, -0.1) is 0 Å². The van der Waals surface area contributed by atoms with Crippen LogP contribution in [0, 0.1) is 45.3 Å². The molecular formula is C30H52O3. The van der Waals surface area contributed by atoms with Crippen LogP contribution in [-0.2, 0) is 0 Å². The summed E-state index contributed by atoms with van der Waals surface area (Å²) in [6.45, 7) is 18.3. The third-order valence-corrected chi connectivity index (χ3v) is 12.4. The normalized spacial score (nSPS) is 50.5. The molecule has 0 bridgehead atoms. The molecule has 3 nitrogen and oxygen atoms in total. The molecule has 0 spiro atoms. The van der Waals surface area contributed by atoms with E-state index in [-0.39, 0.29) is 45.7 Å². The second-order valence-corrected chi connectivity index (χ2v) is 14.5. The van der Waals surface area contributed by atoms with Crippen LogP contribution in [0.1, 0.15) is 113 Å². The molecule has 4 aliphatic carbocycles. The summed E-state index contributed by atoms with van der Waals surface area (Å²) < 4.78 is 0. The van der Waals surface area contributed by atoms with Gasteiger partial charge in [0, 0.05) is 0 Å². The highest BCUT2D eigenvalue weighted by molar-refractivity contribution is 5.20. The maximum Gasteiger partial charge on any atom is 0.0654 e. The van der Waals surface area contributed by atoms with E-state index in [1.54, 1.807) is 0 Å². The molecule has 4 rings (SSSR count). The molecule has 33 heavy (non-hydrogen) atoms. The van der Waals surface area contributed by atoms with Crippen molar-refractivity contribution in [2.45, 2.75) is 131 Å². The van der Waals surface area contributed by atoms with Crippen molar-refractivity contribution in [2.24, 2.45) is 45.3 Å². The van der Waals surface area contributed by atoms with Gasteiger partial charge >= 0.3 is 0 Å². The fraction of sp³-hybridized carbons (Fsp3) is 0.933. The average Bonchev–Trinajstić information content (AvgIpc) is 3.08. The van der Waals surface area contributed by atoms with Gasteiger partial charge in [-0.1, -0.05) is 46.3 Å². The van der Waals surface area contributed by atoms with Crippen LogP contribution in [0.15, 0.2) is 11.6 Å². The van der Waals surface area contributed by atoms with Gasteiger partial charge in [0.05, 0.1) is 17.8 Å². The van der Waals surface area contributed by atoms with Crippen molar-refractivity contribution in [3.8, 4) is 0 Å². The van der Waals surface area contributed by atoms with Crippen molar-refractivity contribution in [1.29, 1.82) is 0 Å². The zero-order valence-electron chi connectivity index (χ0n) is 22.7. The number of rotatable bonds is 4. The van der Waals surface area contributed by atoms with Crippen molar-refractivity contribution in [3.05, 3.63) is 11.6 Å². The molecule has 4 saturated carbocycles. The number of aliphatic hydroxyl groups excluding tert-OH is 2. The molecule has 0 radical (unpaired) electrons. The smallest absolute Gasteiger partial charge is 0.0654 e. The highest BCUT2D eigenvalue weighted by Crippen LogP contribution is 2.75. The van der Waals surface area contributed by atoms with Crippen LogP contribution in [0.2, 0.25) is 0 Å². The van der Waals surface area contributed by atoms with Gasteiger partial charge in [0.1, 0.15) is 0 Å². The van der Waals surface area contributed by atoms with Crippen LogP contribution in [0.5, 0.6) is 0 Å². The van der Waals surface area contributed by atoms with E-state index in [0.717, 1.165) is 44.9 Å². The van der Waals surface area contributed by atoms with Gasteiger partial charge in [-0.25, -0.2) is 0 Å². The minimum Gasteiger partial charge on any atom is -0.393 e. The van der Waals surface area contributed by atoms with E-state index < -0.39 is 5.60 Å². The summed E-state index contributed by atoms with van der Waals surface area (Å²) in [6.07, 6.45) is 10.6. The van der Waals surface area contributed by atoms with E-state index in [0.29, 0.717) is 11.8 Å². The third kappa shape index (κ3) is 3.61. The van der Waals surface area contributed by atoms with Crippen molar-refractivity contribution in [3.63, 3.8) is 0 Å². The predicted molar refractivity (Wildman–Crippen MR) is 136 cm³/mol. The number of aliphatic hydroxyl groups is 3. The first kappa shape index (κ1) is 25.7. The molecule has 10 atom stereocenters. The van der Waals surface area contributed by atoms with Crippen LogP contribution < -0.4 is 0 Å². The van der Waals surface area contributed by atoms with Gasteiger partial charge in [-0.2, -0.15) is 0 Å². The van der Waals surface area contributed by atoms with E-state index in [2.05, 4.69) is 54.5 Å². The van der Waals surface area contributed by atoms with Crippen LogP contribution in [0.3, 0.4) is 0 Å². The maximum absolute atomic E-state index is 11.8. The van der Waals surface area contributed by atoms with Crippen LogP contribution >= 0.6 is 0 Å². The monoisotopic (exact) mass is 460 g/mol. The van der Waals surface area contributed by atoms with E-state index in [1.165, 1.54) is 18.4 Å². The van der Waals surface area contributed by atoms with Gasteiger partial charge in [-0.05, 0) is 124 Å². The zero-order chi connectivity index (χ0) is 24.6. The molecule has 4 aliphatic rings. The Morgan fingerprint density at radius 3 is 2.18 bits per heavy atom. The SMILES string of the molecule is CC(C)=CCC[C@@](C)(O)[C@H]1CC[C@]2(C)[C@@H]1[C@H](O)C[C@H]1[C@@]3(C)CC[C@H](O)C(C)(C)[C@@H]3CC[C@@]12C. The Labute approximate surface area is 203 Å².